The fraction of sp³-hybridized carbons (Fsp3) is 0.0667. The van der Waals surface area contributed by atoms with Crippen molar-refractivity contribution in [3.05, 3.63) is 60.3 Å². The van der Waals surface area contributed by atoms with Gasteiger partial charge in [0.2, 0.25) is 0 Å². The second kappa shape index (κ2) is 4.86. The van der Waals surface area contributed by atoms with E-state index in [4.69, 9.17) is 11.6 Å². The Bertz CT molecular complexity index is 731. The molecule has 0 aliphatic rings. The second-order valence-corrected chi connectivity index (χ2v) is 4.49. The van der Waals surface area contributed by atoms with E-state index < -0.39 is 0 Å². The van der Waals surface area contributed by atoms with Gasteiger partial charge in [0, 0.05) is 10.9 Å². The molecule has 0 amide bonds. The summed E-state index contributed by atoms with van der Waals surface area (Å²) in [5.41, 5.74) is 2.58. The third kappa shape index (κ3) is 2.13. The average Bonchev–Trinajstić information content (AvgIpc) is 2.90. The lowest BCUT2D eigenvalue weighted by Crippen LogP contribution is -2.01. The van der Waals surface area contributed by atoms with Crippen molar-refractivity contribution < 1.29 is 4.79 Å². The number of ketones is 1. The van der Waals surface area contributed by atoms with Crippen molar-refractivity contribution in [1.29, 1.82) is 0 Å². The molecule has 0 spiro atoms. The number of nitrogens with zero attached hydrogens (tertiary/aromatic N) is 2. The van der Waals surface area contributed by atoms with Crippen molar-refractivity contribution in [3.63, 3.8) is 0 Å². The van der Waals surface area contributed by atoms with E-state index in [0.29, 0.717) is 5.56 Å². The van der Waals surface area contributed by atoms with Gasteiger partial charge in [-0.05, 0) is 30.3 Å². The highest BCUT2D eigenvalue weighted by atomic mass is 35.5. The molecule has 2 aromatic carbocycles. The monoisotopic (exact) mass is 270 g/mol. The topological polar surface area (TPSA) is 34.9 Å². The van der Waals surface area contributed by atoms with Gasteiger partial charge in [-0.2, -0.15) is 5.10 Å². The predicted octanol–water partition coefficient (Wildman–Crippen LogP) is 3.45. The molecule has 19 heavy (non-hydrogen) atoms. The Labute approximate surface area is 115 Å². The minimum absolute atomic E-state index is 0.00402. The number of Topliss-reactive ketones (excluding diaryl/α,β-unsaturated/α-hetero) is 1. The molecule has 1 heterocycles. The fourth-order valence-corrected chi connectivity index (χ4v) is 2.20. The maximum absolute atomic E-state index is 11.5. The van der Waals surface area contributed by atoms with Crippen molar-refractivity contribution in [2.24, 2.45) is 0 Å². The van der Waals surface area contributed by atoms with E-state index in [9.17, 15) is 4.79 Å². The van der Waals surface area contributed by atoms with E-state index in [1.54, 1.807) is 12.1 Å². The third-order valence-corrected chi connectivity index (χ3v) is 3.28. The molecule has 4 heteroatoms. The lowest BCUT2D eigenvalue weighted by atomic mass is 10.1. The van der Waals surface area contributed by atoms with Crippen LogP contribution in [0.15, 0.2) is 54.7 Å². The normalized spacial score (nSPS) is 10.8. The quantitative estimate of drug-likeness (QED) is 0.540. The van der Waals surface area contributed by atoms with Gasteiger partial charge >= 0.3 is 0 Å². The Morgan fingerprint density at radius 3 is 2.58 bits per heavy atom. The maximum Gasteiger partial charge on any atom is 0.177 e. The molecule has 0 radical (unpaired) electrons. The van der Waals surface area contributed by atoms with Crippen molar-refractivity contribution >= 4 is 28.3 Å². The molecule has 0 fully saturated rings. The van der Waals surface area contributed by atoms with Gasteiger partial charge in [0.1, 0.15) is 0 Å². The summed E-state index contributed by atoms with van der Waals surface area (Å²) in [5, 5.41) is 5.45. The molecule has 0 aliphatic heterocycles. The zero-order valence-electron chi connectivity index (χ0n) is 10.1. The number of aromatic nitrogens is 2. The summed E-state index contributed by atoms with van der Waals surface area (Å²) >= 11 is 5.54. The number of hydrogen-bond donors (Lipinski definition) is 0. The van der Waals surface area contributed by atoms with E-state index in [1.165, 1.54) is 0 Å². The molecule has 0 bridgehead atoms. The van der Waals surface area contributed by atoms with Crippen LogP contribution in [-0.4, -0.2) is 21.4 Å². The summed E-state index contributed by atoms with van der Waals surface area (Å²) in [5.74, 6) is -0.0668. The second-order valence-electron chi connectivity index (χ2n) is 4.22. The average molecular weight is 271 g/mol. The van der Waals surface area contributed by atoms with E-state index in [-0.39, 0.29) is 11.7 Å². The zero-order chi connectivity index (χ0) is 13.2. The van der Waals surface area contributed by atoms with Gasteiger partial charge in [0.15, 0.2) is 5.78 Å². The summed E-state index contributed by atoms with van der Waals surface area (Å²) < 4.78 is 1.85. The number of alkyl halides is 1. The maximum atomic E-state index is 11.5. The highest BCUT2D eigenvalue weighted by Crippen LogP contribution is 2.18. The molecule has 0 atom stereocenters. The smallest absolute Gasteiger partial charge is 0.177 e. The highest BCUT2D eigenvalue weighted by molar-refractivity contribution is 6.30. The van der Waals surface area contributed by atoms with Crippen LogP contribution in [0.4, 0.5) is 0 Å². The molecule has 0 aliphatic carbocycles. The van der Waals surface area contributed by atoms with Gasteiger partial charge in [-0.1, -0.05) is 18.2 Å². The van der Waals surface area contributed by atoms with E-state index in [0.717, 1.165) is 16.6 Å². The molecule has 3 rings (SSSR count). The van der Waals surface area contributed by atoms with Gasteiger partial charge < -0.3 is 0 Å². The summed E-state index contributed by atoms with van der Waals surface area (Å²) in [4.78, 5) is 11.5. The number of fused-ring (bicyclic) bond motifs is 1. The number of hydrogen-bond acceptors (Lipinski definition) is 2. The third-order valence-electron chi connectivity index (χ3n) is 3.03. The SMILES string of the molecule is O=C(CCl)c1ccc(-n2ncc3ccccc32)cc1. The minimum Gasteiger partial charge on any atom is -0.293 e. The summed E-state index contributed by atoms with van der Waals surface area (Å²) in [6.07, 6.45) is 1.83. The number of halogens is 1. The lowest BCUT2D eigenvalue weighted by Gasteiger charge is -2.04. The molecule has 94 valence electrons. The van der Waals surface area contributed by atoms with Crippen molar-refractivity contribution in [3.8, 4) is 5.69 Å². The predicted molar refractivity (Wildman–Crippen MR) is 76.1 cm³/mol. The van der Waals surface area contributed by atoms with Gasteiger partial charge in [0.05, 0.1) is 23.3 Å². The lowest BCUT2D eigenvalue weighted by molar-refractivity contribution is 0.102. The van der Waals surface area contributed by atoms with Crippen molar-refractivity contribution in [2.75, 3.05) is 5.88 Å². The number of rotatable bonds is 3. The van der Waals surface area contributed by atoms with Crippen LogP contribution >= 0.6 is 11.6 Å². The molecule has 0 N–H and O–H groups in total. The van der Waals surface area contributed by atoms with E-state index >= 15 is 0 Å². The summed E-state index contributed by atoms with van der Waals surface area (Å²) in [6, 6.07) is 15.3. The number of carbonyl (C=O) groups excluding carboxylic acids is 1. The first kappa shape index (κ1) is 11.9. The summed E-state index contributed by atoms with van der Waals surface area (Å²) in [6.45, 7) is 0. The van der Waals surface area contributed by atoms with Crippen LogP contribution < -0.4 is 0 Å². The van der Waals surface area contributed by atoms with Crippen molar-refractivity contribution in [1.82, 2.24) is 9.78 Å². The number of carbonyl (C=O) groups is 1. The van der Waals surface area contributed by atoms with Crippen molar-refractivity contribution in [2.45, 2.75) is 0 Å². The van der Waals surface area contributed by atoms with Crippen LogP contribution in [0.25, 0.3) is 16.6 Å². The van der Waals surface area contributed by atoms with Crippen LogP contribution in [0.1, 0.15) is 10.4 Å². The van der Waals surface area contributed by atoms with Crippen LogP contribution in [0.3, 0.4) is 0 Å². The molecule has 0 saturated heterocycles. The Morgan fingerprint density at radius 1 is 1.11 bits per heavy atom. The first-order chi connectivity index (χ1) is 9.29. The molecule has 0 saturated carbocycles. The highest BCUT2D eigenvalue weighted by Gasteiger charge is 2.06. The number of benzene rings is 2. The van der Waals surface area contributed by atoms with Gasteiger partial charge in [-0.25, -0.2) is 4.68 Å². The standard InChI is InChI=1S/C15H11ClN2O/c16-9-15(19)11-5-7-13(8-6-11)18-14-4-2-1-3-12(14)10-17-18/h1-8,10H,9H2. The number of para-hydroxylation sites is 1. The van der Waals surface area contributed by atoms with Crippen LogP contribution in [0.5, 0.6) is 0 Å². The molecule has 3 aromatic rings. The van der Waals surface area contributed by atoms with Gasteiger partial charge in [0.25, 0.3) is 0 Å². The zero-order valence-corrected chi connectivity index (χ0v) is 10.8. The van der Waals surface area contributed by atoms with Gasteiger partial charge in [-0.15, -0.1) is 11.6 Å². The largest absolute Gasteiger partial charge is 0.293 e. The molecule has 0 unspecified atom stereocenters. The van der Waals surface area contributed by atoms with Crippen LogP contribution in [-0.2, 0) is 0 Å². The van der Waals surface area contributed by atoms with Crippen LogP contribution in [0.2, 0.25) is 0 Å². The molecule has 1 aromatic heterocycles. The Balaban J connectivity index is 2.05. The Morgan fingerprint density at radius 2 is 1.84 bits per heavy atom. The molecular weight excluding hydrogens is 260 g/mol. The van der Waals surface area contributed by atoms with Crippen LogP contribution in [0, 0.1) is 0 Å². The fourth-order valence-electron chi connectivity index (χ4n) is 2.04. The Hall–Kier alpha value is -2.13. The summed E-state index contributed by atoms with van der Waals surface area (Å²) in [7, 11) is 0. The first-order valence-electron chi connectivity index (χ1n) is 5.92. The first-order valence-corrected chi connectivity index (χ1v) is 6.45. The van der Waals surface area contributed by atoms with E-state index in [1.807, 2.05) is 47.3 Å². The minimum atomic E-state index is -0.0708. The van der Waals surface area contributed by atoms with Gasteiger partial charge in [-0.3, -0.25) is 4.79 Å². The van der Waals surface area contributed by atoms with E-state index in [2.05, 4.69) is 5.10 Å². The Kier molecular flexibility index (Phi) is 3.05. The molecule has 3 nitrogen and oxygen atoms in total. The molecular formula is C15H11ClN2O.